The first-order valence-corrected chi connectivity index (χ1v) is 7.52. The molecule has 4 nitrogen and oxygen atoms in total. The lowest BCUT2D eigenvalue weighted by atomic mass is 10.2. The zero-order chi connectivity index (χ0) is 17.9. The van der Waals surface area contributed by atoms with E-state index in [0.29, 0.717) is 23.1 Å². The van der Waals surface area contributed by atoms with Crippen LogP contribution in [0.3, 0.4) is 0 Å². The van der Waals surface area contributed by atoms with Crippen molar-refractivity contribution in [3.05, 3.63) is 71.9 Å². The van der Waals surface area contributed by atoms with Crippen molar-refractivity contribution >= 4 is 23.1 Å². The van der Waals surface area contributed by atoms with Gasteiger partial charge in [0, 0.05) is 23.1 Å². The van der Waals surface area contributed by atoms with Crippen LogP contribution in [0.25, 0.3) is 0 Å². The first-order valence-electron chi connectivity index (χ1n) is 7.52. The highest BCUT2D eigenvalue weighted by Gasteiger charge is 2.30. The highest BCUT2D eigenvalue weighted by Crippen LogP contribution is 2.31. The topological polar surface area (TPSA) is 49.8 Å². The summed E-state index contributed by atoms with van der Waals surface area (Å²) >= 11 is 0. The Balaban J connectivity index is 1.83. The molecule has 0 aliphatic carbocycles. The number of benzene rings is 2. The molecule has 2 aromatic carbocycles. The minimum Gasteiger partial charge on any atom is -0.340 e. The van der Waals surface area contributed by atoms with Crippen LogP contribution < -0.4 is 10.6 Å². The van der Waals surface area contributed by atoms with E-state index in [1.807, 2.05) is 30.3 Å². The van der Waals surface area contributed by atoms with Gasteiger partial charge in [0.25, 0.3) is 0 Å². The number of aryl methyl sites for hydroxylation is 1. The molecule has 0 fully saturated rings. The summed E-state index contributed by atoms with van der Waals surface area (Å²) in [6, 6.07) is 16.0. The average molecular weight is 344 g/mol. The summed E-state index contributed by atoms with van der Waals surface area (Å²) in [5.41, 5.74) is 1.09. The van der Waals surface area contributed by atoms with E-state index in [2.05, 4.69) is 20.6 Å². The first kappa shape index (κ1) is 16.8. The van der Waals surface area contributed by atoms with Gasteiger partial charge in [-0.15, -0.1) is 0 Å². The van der Waals surface area contributed by atoms with Gasteiger partial charge in [-0.1, -0.05) is 24.3 Å². The van der Waals surface area contributed by atoms with E-state index >= 15 is 0 Å². The zero-order valence-electron chi connectivity index (χ0n) is 13.3. The molecule has 0 aliphatic rings. The lowest BCUT2D eigenvalue weighted by molar-refractivity contribution is -0.137. The Hall–Kier alpha value is -3.09. The van der Waals surface area contributed by atoms with E-state index in [4.69, 9.17) is 0 Å². The lowest BCUT2D eigenvalue weighted by Crippen LogP contribution is -2.06. The number of alkyl halides is 3. The van der Waals surface area contributed by atoms with Crippen LogP contribution in [0.2, 0.25) is 0 Å². The van der Waals surface area contributed by atoms with Gasteiger partial charge < -0.3 is 10.6 Å². The molecule has 0 bridgehead atoms. The second kappa shape index (κ2) is 6.80. The number of halogens is 3. The van der Waals surface area contributed by atoms with E-state index < -0.39 is 11.7 Å². The van der Waals surface area contributed by atoms with Crippen LogP contribution in [0.15, 0.2) is 60.7 Å². The molecule has 0 saturated carbocycles. The molecule has 0 aliphatic heterocycles. The van der Waals surface area contributed by atoms with Crippen molar-refractivity contribution in [3.8, 4) is 0 Å². The predicted molar refractivity (Wildman–Crippen MR) is 91.2 cm³/mol. The summed E-state index contributed by atoms with van der Waals surface area (Å²) in [5, 5.41) is 5.96. The Morgan fingerprint density at radius 1 is 0.800 bits per heavy atom. The van der Waals surface area contributed by atoms with Crippen molar-refractivity contribution in [2.45, 2.75) is 13.1 Å². The number of nitrogens with zero attached hydrogens (tertiary/aromatic N) is 2. The number of hydrogen-bond acceptors (Lipinski definition) is 4. The van der Waals surface area contributed by atoms with Crippen LogP contribution in [0.1, 0.15) is 11.3 Å². The molecule has 2 N–H and O–H groups in total. The van der Waals surface area contributed by atoms with Crippen molar-refractivity contribution in [1.82, 2.24) is 9.97 Å². The molecule has 3 aromatic rings. The van der Waals surface area contributed by atoms with Gasteiger partial charge in [-0.25, -0.2) is 4.98 Å². The molecule has 0 spiro atoms. The number of hydrogen-bond donors (Lipinski definition) is 2. The fourth-order valence-electron chi connectivity index (χ4n) is 2.26. The van der Waals surface area contributed by atoms with Gasteiger partial charge in [0.15, 0.2) is 0 Å². The first-order chi connectivity index (χ1) is 11.9. The number of aromatic nitrogens is 2. The van der Waals surface area contributed by atoms with Crippen LogP contribution in [-0.2, 0) is 6.18 Å². The van der Waals surface area contributed by atoms with Crippen molar-refractivity contribution < 1.29 is 13.2 Å². The van der Waals surface area contributed by atoms with E-state index in [0.717, 1.165) is 17.8 Å². The van der Waals surface area contributed by atoms with Crippen molar-refractivity contribution in [2.75, 3.05) is 10.6 Å². The average Bonchev–Trinajstić information content (AvgIpc) is 2.54. The molecule has 0 unspecified atom stereocenters. The molecular weight excluding hydrogens is 329 g/mol. The summed E-state index contributed by atoms with van der Waals surface area (Å²) in [6.45, 7) is 1.79. The van der Waals surface area contributed by atoms with Gasteiger partial charge in [0.2, 0.25) is 5.95 Å². The van der Waals surface area contributed by atoms with Gasteiger partial charge in [-0.2, -0.15) is 18.2 Å². The molecule has 7 heteroatoms. The molecule has 1 aromatic heterocycles. The SMILES string of the molecule is Cc1cc(Nc2cccc(C(F)(F)F)c2)nc(Nc2ccccc2)n1. The van der Waals surface area contributed by atoms with Crippen molar-refractivity contribution in [2.24, 2.45) is 0 Å². The Kier molecular flexibility index (Phi) is 4.56. The molecule has 3 rings (SSSR count). The van der Waals surface area contributed by atoms with Crippen molar-refractivity contribution in [1.29, 1.82) is 0 Å². The van der Waals surface area contributed by atoms with Gasteiger partial charge in [-0.3, -0.25) is 0 Å². The zero-order valence-corrected chi connectivity index (χ0v) is 13.3. The molecular formula is C18H15F3N4. The third-order valence-electron chi connectivity index (χ3n) is 3.35. The minimum absolute atomic E-state index is 0.304. The van der Waals surface area contributed by atoms with Crippen LogP contribution in [-0.4, -0.2) is 9.97 Å². The van der Waals surface area contributed by atoms with E-state index in [-0.39, 0.29) is 0 Å². The number of para-hydroxylation sites is 1. The molecule has 0 saturated heterocycles. The molecule has 0 radical (unpaired) electrons. The number of nitrogens with one attached hydrogen (secondary N) is 2. The van der Waals surface area contributed by atoms with Gasteiger partial charge in [0.1, 0.15) is 5.82 Å². The van der Waals surface area contributed by atoms with E-state index in [9.17, 15) is 13.2 Å². The number of rotatable bonds is 4. The molecule has 25 heavy (non-hydrogen) atoms. The smallest absolute Gasteiger partial charge is 0.340 e. The van der Waals surface area contributed by atoms with E-state index in [1.54, 1.807) is 19.1 Å². The van der Waals surface area contributed by atoms with E-state index in [1.165, 1.54) is 6.07 Å². The van der Waals surface area contributed by atoms with Gasteiger partial charge >= 0.3 is 6.18 Å². The fourth-order valence-corrected chi connectivity index (χ4v) is 2.26. The summed E-state index contributed by atoms with van der Waals surface area (Å²) in [5.74, 6) is 0.769. The maximum absolute atomic E-state index is 12.8. The van der Waals surface area contributed by atoms with Crippen molar-refractivity contribution in [3.63, 3.8) is 0 Å². The Morgan fingerprint density at radius 3 is 2.24 bits per heavy atom. The van der Waals surface area contributed by atoms with Gasteiger partial charge in [0.05, 0.1) is 5.56 Å². The van der Waals surface area contributed by atoms with Crippen LogP contribution in [0.4, 0.5) is 36.3 Å². The second-order valence-electron chi connectivity index (χ2n) is 5.41. The molecule has 128 valence electrons. The fraction of sp³-hybridized carbons (Fsp3) is 0.111. The molecule has 0 atom stereocenters. The van der Waals surface area contributed by atoms with Gasteiger partial charge in [-0.05, 0) is 37.3 Å². The standard InChI is InChI=1S/C18H15F3N4/c1-12-10-16(23-15-9-5-6-13(11-15)18(19,20)21)25-17(22-12)24-14-7-3-2-4-8-14/h2-11H,1H3,(H2,22,23,24,25). The minimum atomic E-state index is -4.39. The monoisotopic (exact) mass is 344 g/mol. The highest BCUT2D eigenvalue weighted by molar-refractivity contribution is 5.60. The largest absolute Gasteiger partial charge is 0.416 e. The lowest BCUT2D eigenvalue weighted by Gasteiger charge is -2.12. The maximum atomic E-state index is 12.8. The third kappa shape index (κ3) is 4.47. The predicted octanol–water partition coefficient (Wildman–Crippen LogP) is 5.29. The van der Waals surface area contributed by atoms with Crippen LogP contribution in [0, 0.1) is 6.92 Å². The molecule has 0 amide bonds. The maximum Gasteiger partial charge on any atom is 0.416 e. The number of anilines is 4. The Labute approximate surface area is 142 Å². The Morgan fingerprint density at radius 2 is 1.52 bits per heavy atom. The Bertz CT molecular complexity index is 864. The normalized spacial score (nSPS) is 11.2. The summed E-state index contributed by atoms with van der Waals surface area (Å²) in [4.78, 5) is 8.59. The third-order valence-corrected chi connectivity index (χ3v) is 3.35. The molecule has 1 heterocycles. The van der Waals surface area contributed by atoms with Crippen LogP contribution in [0.5, 0.6) is 0 Å². The summed E-state index contributed by atoms with van der Waals surface area (Å²) in [6.07, 6.45) is -4.39. The summed E-state index contributed by atoms with van der Waals surface area (Å²) < 4.78 is 38.4. The second-order valence-corrected chi connectivity index (χ2v) is 5.41. The highest BCUT2D eigenvalue weighted by atomic mass is 19.4. The quantitative estimate of drug-likeness (QED) is 0.675. The summed E-state index contributed by atoms with van der Waals surface area (Å²) in [7, 11) is 0. The van der Waals surface area contributed by atoms with Crippen LogP contribution >= 0.6 is 0 Å².